The number of hydrogen-bond acceptors (Lipinski definition) is 5. The zero-order chi connectivity index (χ0) is 18.0. The minimum atomic E-state index is -3.58. The highest BCUT2D eigenvalue weighted by molar-refractivity contribution is 7.89. The molecule has 3 heterocycles. The van der Waals surface area contributed by atoms with Gasteiger partial charge in [-0.3, -0.25) is 4.98 Å². The molecule has 1 saturated heterocycles. The lowest BCUT2D eigenvalue weighted by atomic mass is 10.2. The summed E-state index contributed by atoms with van der Waals surface area (Å²) in [6, 6.07) is 3.67. The average Bonchev–Trinajstić information content (AvgIpc) is 3.19. The Hall–Kier alpha value is -1.93. The molecule has 1 fully saturated rings. The standard InChI is InChI=1S/C17H24N4O3S/c1-13(2)9-20-11-17(19-12-20)25(22,23)21-8-6-15(10-21)24-16-5-4-7-18-14(16)3/h4-5,7,11-13,15H,6,8-10H2,1-3H3. The van der Waals surface area contributed by atoms with Crippen LogP contribution < -0.4 is 4.74 Å². The molecule has 0 aromatic carbocycles. The number of sulfonamides is 1. The molecule has 1 aliphatic rings. The molecule has 0 bridgehead atoms. The second kappa shape index (κ2) is 7.13. The number of pyridine rings is 1. The summed E-state index contributed by atoms with van der Waals surface area (Å²) in [4.78, 5) is 8.28. The summed E-state index contributed by atoms with van der Waals surface area (Å²) in [5.41, 5.74) is 0.802. The smallest absolute Gasteiger partial charge is 0.262 e. The lowest BCUT2D eigenvalue weighted by Crippen LogP contribution is -2.31. The Bertz CT molecular complexity index is 832. The third-order valence-corrected chi connectivity index (χ3v) is 5.90. The summed E-state index contributed by atoms with van der Waals surface area (Å²) in [5, 5.41) is 0.103. The molecule has 0 radical (unpaired) electrons. The van der Waals surface area contributed by atoms with Crippen LogP contribution in [0.3, 0.4) is 0 Å². The maximum atomic E-state index is 12.8. The first-order valence-corrected chi connectivity index (χ1v) is 9.90. The van der Waals surface area contributed by atoms with E-state index in [9.17, 15) is 8.42 Å². The Balaban J connectivity index is 1.68. The van der Waals surface area contributed by atoms with Crippen LogP contribution in [0, 0.1) is 12.8 Å². The van der Waals surface area contributed by atoms with Crippen LogP contribution in [0.1, 0.15) is 26.0 Å². The van der Waals surface area contributed by atoms with Crippen LogP contribution in [0.15, 0.2) is 35.9 Å². The van der Waals surface area contributed by atoms with E-state index < -0.39 is 10.0 Å². The molecule has 0 N–H and O–H groups in total. The summed E-state index contributed by atoms with van der Waals surface area (Å²) in [5.74, 6) is 1.13. The molecule has 0 saturated carbocycles. The van der Waals surface area contributed by atoms with Gasteiger partial charge in [0.25, 0.3) is 10.0 Å². The van der Waals surface area contributed by atoms with Gasteiger partial charge >= 0.3 is 0 Å². The molecule has 3 rings (SSSR count). The van der Waals surface area contributed by atoms with Gasteiger partial charge in [0.05, 0.1) is 18.6 Å². The van der Waals surface area contributed by atoms with Crippen LogP contribution in [0.25, 0.3) is 0 Å². The molecule has 7 nitrogen and oxygen atoms in total. The monoisotopic (exact) mass is 364 g/mol. The highest BCUT2D eigenvalue weighted by Gasteiger charge is 2.35. The van der Waals surface area contributed by atoms with Gasteiger partial charge in [0.1, 0.15) is 11.9 Å². The summed E-state index contributed by atoms with van der Waals surface area (Å²) in [6.07, 6.45) is 5.38. The van der Waals surface area contributed by atoms with Crippen LogP contribution in [-0.2, 0) is 16.6 Å². The van der Waals surface area contributed by atoms with Crippen molar-refractivity contribution in [1.82, 2.24) is 18.8 Å². The minimum Gasteiger partial charge on any atom is -0.487 e. The Morgan fingerprint density at radius 3 is 2.88 bits per heavy atom. The highest BCUT2D eigenvalue weighted by atomic mass is 32.2. The van der Waals surface area contributed by atoms with Crippen molar-refractivity contribution in [2.75, 3.05) is 13.1 Å². The van der Waals surface area contributed by atoms with E-state index in [1.165, 1.54) is 4.31 Å². The Kier molecular flexibility index (Phi) is 5.10. The number of imidazole rings is 1. The molecule has 1 aliphatic heterocycles. The highest BCUT2D eigenvalue weighted by Crippen LogP contribution is 2.24. The van der Waals surface area contributed by atoms with Gasteiger partial charge in [0.2, 0.25) is 0 Å². The van der Waals surface area contributed by atoms with E-state index in [-0.39, 0.29) is 11.1 Å². The molecular formula is C17H24N4O3S. The molecule has 1 unspecified atom stereocenters. The SMILES string of the molecule is Cc1ncccc1OC1CCN(S(=O)(=O)c2cn(CC(C)C)cn2)C1. The van der Waals surface area contributed by atoms with Crippen LogP contribution in [0.5, 0.6) is 5.75 Å². The maximum absolute atomic E-state index is 12.8. The van der Waals surface area contributed by atoms with Gasteiger partial charge in [-0.05, 0) is 31.4 Å². The van der Waals surface area contributed by atoms with Gasteiger partial charge in [0, 0.05) is 25.5 Å². The summed E-state index contributed by atoms with van der Waals surface area (Å²) in [6.45, 7) is 7.54. The van der Waals surface area contributed by atoms with E-state index >= 15 is 0 Å². The predicted octanol–water partition coefficient (Wildman–Crippen LogP) is 2.08. The second-order valence-corrected chi connectivity index (χ2v) is 8.67. The first-order valence-electron chi connectivity index (χ1n) is 8.46. The van der Waals surface area contributed by atoms with Crippen LogP contribution in [-0.4, -0.2) is 46.5 Å². The number of hydrogen-bond donors (Lipinski definition) is 0. The van der Waals surface area contributed by atoms with Crippen molar-refractivity contribution in [3.63, 3.8) is 0 Å². The normalized spacial score (nSPS) is 18.8. The molecule has 2 aromatic rings. The van der Waals surface area contributed by atoms with Crippen molar-refractivity contribution < 1.29 is 13.2 Å². The molecule has 0 spiro atoms. The van der Waals surface area contributed by atoms with Gasteiger partial charge in [-0.1, -0.05) is 13.8 Å². The molecular weight excluding hydrogens is 340 g/mol. The Morgan fingerprint density at radius 1 is 1.36 bits per heavy atom. The van der Waals surface area contributed by atoms with E-state index in [4.69, 9.17) is 4.74 Å². The number of nitrogens with zero attached hydrogens (tertiary/aromatic N) is 4. The van der Waals surface area contributed by atoms with E-state index in [1.54, 1.807) is 18.7 Å². The van der Waals surface area contributed by atoms with Crippen molar-refractivity contribution >= 4 is 10.0 Å². The molecule has 2 aromatic heterocycles. The van der Waals surface area contributed by atoms with E-state index in [0.717, 1.165) is 12.2 Å². The van der Waals surface area contributed by atoms with Gasteiger partial charge in [-0.2, -0.15) is 4.31 Å². The lowest BCUT2D eigenvalue weighted by Gasteiger charge is -2.16. The van der Waals surface area contributed by atoms with Crippen molar-refractivity contribution in [3.05, 3.63) is 36.5 Å². The van der Waals surface area contributed by atoms with E-state index in [0.29, 0.717) is 31.2 Å². The zero-order valence-electron chi connectivity index (χ0n) is 14.8. The summed E-state index contributed by atoms with van der Waals surface area (Å²) in [7, 11) is -3.58. The van der Waals surface area contributed by atoms with E-state index in [1.807, 2.05) is 23.6 Å². The number of aromatic nitrogens is 3. The van der Waals surface area contributed by atoms with Gasteiger partial charge < -0.3 is 9.30 Å². The van der Waals surface area contributed by atoms with Crippen LogP contribution in [0.2, 0.25) is 0 Å². The Morgan fingerprint density at radius 2 is 2.16 bits per heavy atom. The third kappa shape index (κ3) is 4.01. The lowest BCUT2D eigenvalue weighted by molar-refractivity contribution is 0.213. The third-order valence-electron chi connectivity index (χ3n) is 4.15. The molecule has 25 heavy (non-hydrogen) atoms. The fourth-order valence-electron chi connectivity index (χ4n) is 2.91. The largest absolute Gasteiger partial charge is 0.487 e. The number of ether oxygens (including phenoxy) is 1. The minimum absolute atomic E-state index is 0.103. The van der Waals surface area contributed by atoms with E-state index in [2.05, 4.69) is 23.8 Å². The zero-order valence-corrected chi connectivity index (χ0v) is 15.6. The Labute approximate surface area is 148 Å². The molecule has 1 atom stereocenters. The van der Waals surface area contributed by atoms with Crippen LogP contribution in [0.4, 0.5) is 0 Å². The number of rotatable bonds is 6. The second-order valence-electron chi connectivity index (χ2n) is 6.78. The topological polar surface area (TPSA) is 77.3 Å². The summed E-state index contributed by atoms with van der Waals surface area (Å²) >= 11 is 0. The molecule has 8 heteroatoms. The molecule has 136 valence electrons. The van der Waals surface area contributed by atoms with Gasteiger partial charge in [-0.25, -0.2) is 13.4 Å². The summed E-state index contributed by atoms with van der Waals surface area (Å²) < 4.78 is 34.8. The van der Waals surface area contributed by atoms with Crippen molar-refractivity contribution in [2.45, 2.75) is 44.9 Å². The first-order chi connectivity index (χ1) is 11.9. The maximum Gasteiger partial charge on any atom is 0.262 e. The van der Waals surface area contributed by atoms with Crippen molar-refractivity contribution in [2.24, 2.45) is 5.92 Å². The fourth-order valence-corrected chi connectivity index (χ4v) is 4.33. The predicted molar refractivity (Wildman–Crippen MR) is 93.8 cm³/mol. The van der Waals surface area contributed by atoms with Crippen molar-refractivity contribution in [1.29, 1.82) is 0 Å². The average molecular weight is 364 g/mol. The quantitative estimate of drug-likeness (QED) is 0.784. The van der Waals surface area contributed by atoms with Crippen molar-refractivity contribution in [3.8, 4) is 5.75 Å². The number of aryl methyl sites for hydroxylation is 1. The molecule has 0 amide bonds. The van der Waals surface area contributed by atoms with Gasteiger partial charge in [0.15, 0.2) is 5.03 Å². The fraction of sp³-hybridized carbons (Fsp3) is 0.529. The first kappa shape index (κ1) is 17.9. The van der Waals surface area contributed by atoms with Gasteiger partial charge in [-0.15, -0.1) is 0 Å². The van der Waals surface area contributed by atoms with Crippen LogP contribution >= 0.6 is 0 Å². The molecule has 0 aliphatic carbocycles.